The van der Waals surface area contributed by atoms with Crippen LogP contribution in [0, 0.1) is 5.92 Å². The first kappa shape index (κ1) is 17.1. The highest BCUT2D eigenvalue weighted by atomic mass is 16.5. The highest BCUT2D eigenvalue weighted by molar-refractivity contribution is 5.73. The Hall–Kier alpha value is -1.70. The minimum absolute atomic E-state index is 0.143. The molecule has 2 N–H and O–H groups in total. The highest BCUT2D eigenvalue weighted by Gasteiger charge is 2.31. The van der Waals surface area contributed by atoms with E-state index in [0.717, 1.165) is 51.5 Å². The summed E-state index contributed by atoms with van der Waals surface area (Å²) in [5.74, 6) is 0.474. The Bertz CT molecular complexity index is 502. The summed E-state index contributed by atoms with van der Waals surface area (Å²) < 4.78 is 11.0. The van der Waals surface area contributed by atoms with Crippen LogP contribution < -0.4 is 10.6 Å². The zero-order valence-electron chi connectivity index (χ0n) is 13.9. The molecule has 2 amide bonds. The number of morpholine rings is 1. The summed E-state index contributed by atoms with van der Waals surface area (Å²) in [6, 6.07) is 3.97. The number of hydrogen-bond donors (Lipinski definition) is 2. The van der Waals surface area contributed by atoms with Crippen molar-refractivity contribution >= 4 is 6.03 Å². The summed E-state index contributed by atoms with van der Waals surface area (Å²) in [6.07, 6.45) is 4.54. The van der Waals surface area contributed by atoms with Crippen molar-refractivity contribution in [2.75, 3.05) is 46.1 Å². The van der Waals surface area contributed by atoms with Crippen molar-refractivity contribution < 1.29 is 14.3 Å². The fourth-order valence-electron chi connectivity index (χ4n) is 3.30. The van der Waals surface area contributed by atoms with Crippen LogP contribution in [0.4, 0.5) is 4.79 Å². The maximum atomic E-state index is 12.1. The van der Waals surface area contributed by atoms with E-state index >= 15 is 0 Å². The van der Waals surface area contributed by atoms with E-state index in [0.29, 0.717) is 25.0 Å². The van der Waals surface area contributed by atoms with E-state index in [1.165, 1.54) is 0 Å². The molecule has 7 heteroatoms. The van der Waals surface area contributed by atoms with Crippen LogP contribution in [0.1, 0.15) is 12.0 Å². The van der Waals surface area contributed by atoms with Crippen molar-refractivity contribution in [3.8, 4) is 0 Å². The smallest absolute Gasteiger partial charge is 0.315 e. The molecule has 0 saturated carbocycles. The number of carbonyl (C=O) groups excluding carboxylic acids is 1. The van der Waals surface area contributed by atoms with E-state index in [1.807, 2.05) is 12.1 Å². The lowest BCUT2D eigenvalue weighted by molar-refractivity contribution is 0.00212. The van der Waals surface area contributed by atoms with E-state index in [4.69, 9.17) is 9.47 Å². The molecule has 2 saturated heterocycles. The van der Waals surface area contributed by atoms with Gasteiger partial charge in [-0.1, -0.05) is 6.07 Å². The number of ether oxygens (including phenoxy) is 2. The van der Waals surface area contributed by atoms with Gasteiger partial charge in [0, 0.05) is 57.1 Å². The number of amides is 2. The van der Waals surface area contributed by atoms with Crippen molar-refractivity contribution in [3.63, 3.8) is 0 Å². The second-order valence-corrected chi connectivity index (χ2v) is 6.26. The molecule has 3 heterocycles. The van der Waals surface area contributed by atoms with Crippen LogP contribution in [0.2, 0.25) is 0 Å². The second-order valence-electron chi connectivity index (χ2n) is 6.26. The number of nitrogens with zero attached hydrogens (tertiary/aromatic N) is 2. The minimum atomic E-state index is -0.143. The van der Waals surface area contributed by atoms with Gasteiger partial charge in [0.05, 0.1) is 19.8 Å². The van der Waals surface area contributed by atoms with Crippen LogP contribution in [0.3, 0.4) is 0 Å². The van der Waals surface area contributed by atoms with Gasteiger partial charge in [0.25, 0.3) is 0 Å². The first-order valence-corrected chi connectivity index (χ1v) is 8.63. The van der Waals surface area contributed by atoms with Crippen molar-refractivity contribution in [3.05, 3.63) is 30.1 Å². The van der Waals surface area contributed by atoms with Crippen molar-refractivity contribution in [2.45, 2.75) is 19.0 Å². The summed E-state index contributed by atoms with van der Waals surface area (Å²) in [6.45, 7) is 6.07. The van der Waals surface area contributed by atoms with Crippen LogP contribution in [0.15, 0.2) is 24.5 Å². The lowest BCUT2D eigenvalue weighted by Gasteiger charge is -2.37. The summed E-state index contributed by atoms with van der Waals surface area (Å²) in [7, 11) is 0. The molecule has 2 aliphatic rings. The molecule has 0 spiro atoms. The Morgan fingerprint density at radius 1 is 1.29 bits per heavy atom. The Labute approximate surface area is 142 Å². The molecule has 0 bridgehead atoms. The zero-order valence-corrected chi connectivity index (χ0v) is 13.9. The van der Waals surface area contributed by atoms with Gasteiger partial charge in [0.2, 0.25) is 0 Å². The summed E-state index contributed by atoms with van der Waals surface area (Å²) in [5.41, 5.74) is 0.988. The second kappa shape index (κ2) is 8.96. The number of nitrogens with one attached hydrogen (secondary N) is 2. The average molecular weight is 334 g/mol. The van der Waals surface area contributed by atoms with Crippen LogP contribution in [0.5, 0.6) is 0 Å². The third-order valence-electron chi connectivity index (χ3n) is 4.67. The first-order chi connectivity index (χ1) is 11.8. The third kappa shape index (κ3) is 4.90. The number of carbonyl (C=O) groups is 1. The van der Waals surface area contributed by atoms with Gasteiger partial charge >= 0.3 is 6.03 Å². The predicted octanol–water partition coefficient (Wildman–Crippen LogP) is 0.618. The predicted molar refractivity (Wildman–Crippen MR) is 89.6 cm³/mol. The van der Waals surface area contributed by atoms with Gasteiger partial charge in [-0.15, -0.1) is 0 Å². The van der Waals surface area contributed by atoms with Crippen LogP contribution >= 0.6 is 0 Å². The molecule has 0 aliphatic carbocycles. The normalized spacial score (nSPS) is 22.9. The number of aromatic nitrogens is 1. The SMILES string of the molecule is O=C(NCc1cccnc1)NC[C@H]([C@H]1CCOC1)N1CCOCC1. The fraction of sp³-hybridized carbons (Fsp3) is 0.647. The number of rotatable bonds is 6. The molecule has 7 nitrogen and oxygen atoms in total. The largest absolute Gasteiger partial charge is 0.381 e. The number of urea groups is 1. The maximum Gasteiger partial charge on any atom is 0.315 e. The zero-order chi connectivity index (χ0) is 16.6. The van der Waals surface area contributed by atoms with Crippen molar-refractivity contribution in [1.82, 2.24) is 20.5 Å². The molecule has 1 aromatic heterocycles. The maximum absolute atomic E-state index is 12.1. The summed E-state index contributed by atoms with van der Waals surface area (Å²) >= 11 is 0. The Balaban J connectivity index is 1.47. The molecule has 2 atom stereocenters. The van der Waals surface area contributed by atoms with Crippen LogP contribution in [-0.4, -0.2) is 68.0 Å². The molecule has 2 fully saturated rings. The molecule has 132 valence electrons. The highest BCUT2D eigenvalue weighted by Crippen LogP contribution is 2.21. The molecular weight excluding hydrogens is 308 g/mol. The van der Waals surface area contributed by atoms with E-state index < -0.39 is 0 Å². The molecule has 3 rings (SSSR count). The molecule has 24 heavy (non-hydrogen) atoms. The molecule has 2 aliphatic heterocycles. The van der Waals surface area contributed by atoms with Gasteiger partial charge in [-0.2, -0.15) is 0 Å². The fourth-order valence-corrected chi connectivity index (χ4v) is 3.30. The lowest BCUT2D eigenvalue weighted by atomic mass is 9.97. The topological polar surface area (TPSA) is 75.7 Å². The molecular formula is C17H26N4O3. The number of hydrogen-bond acceptors (Lipinski definition) is 5. The third-order valence-corrected chi connectivity index (χ3v) is 4.67. The lowest BCUT2D eigenvalue weighted by Crippen LogP contribution is -2.53. The molecule has 0 aromatic carbocycles. The molecule has 0 unspecified atom stereocenters. The van der Waals surface area contributed by atoms with E-state index in [9.17, 15) is 4.79 Å². The summed E-state index contributed by atoms with van der Waals surface area (Å²) in [4.78, 5) is 18.6. The monoisotopic (exact) mass is 334 g/mol. The standard InChI is InChI=1S/C17H26N4O3/c22-17(19-11-14-2-1-4-18-10-14)20-12-16(15-3-7-24-13-15)21-5-8-23-9-6-21/h1-2,4,10,15-16H,3,5-9,11-13H2,(H2,19,20,22)/t15-,16+/m0/s1. The van der Waals surface area contributed by atoms with Gasteiger partial charge < -0.3 is 20.1 Å². The van der Waals surface area contributed by atoms with Crippen molar-refractivity contribution in [1.29, 1.82) is 0 Å². The van der Waals surface area contributed by atoms with E-state index in [-0.39, 0.29) is 6.03 Å². The Morgan fingerprint density at radius 3 is 2.88 bits per heavy atom. The number of pyridine rings is 1. The van der Waals surface area contributed by atoms with Gasteiger partial charge in [-0.3, -0.25) is 9.88 Å². The summed E-state index contributed by atoms with van der Waals surface area (Å²) in [5, 5.41) is 5.90. The molecule has 1 aromatic rings. The van der Waals surface area contributed by atoms with Crippen molar-refractivity contribution in [2.24, 2.45) is 5.92 Å². The minimum Gasteiger partial charge on any atom is -0.381 e. The van der Waals surface area contributed by atoms with Crippen LogP contribution in [-0.2, 0) is 16.0 Å². The quantitative estimate of drug-likeness (QED) is 0.798. The van der Waals surface area contributed by atoms with E-state index in [1.54, 1.807) is 12.4 Å². The Kier molecular flexibility index (Phi) is 6.40. The van der Waals surface area contributed by atoms with Gasteiger partial charge in [-0.25, -0.2) is 4.79 Å². The van der Waals surface area contributed by atoms with E-state index in [2.05, 4.69) is 20.5 Å². The first-order valence-electron chi connectivity index (χ1n) is 8.63. The van der Waals surface area contributed by atoms with Gasteiger partial charge in [0.1, 0.15) is 0 Å². The van der Waals surface area contributed by atoms with Gasteiger partial charge in [-0.05, 0) is 18.1 Å². The van der Waals surface area contributed by atoms with Gasteiger partial charge in [0.15, 0.2) is 0 Å². The average Bonchev–Trinajstić information content (AvgIpc) is 3.16. The van der Waals surface area contributed by atoms with Crippen LogP contribution in [0.25, 0.3) is 0 Å². The molecule has 0 radical (unpaired) electrons. The Morgan fingerprint density at radius 2 is 2.17 bits per heavy atom.